The van der Waals surface area contributed by atoms with E-state index in [9.17, 15) is 14.7 Å². The van der Waals surface area contributed by atoms with Crippen LogP contribution in [0.25, 0.3) is 10.9 Å². The summed E-state index contributed by atoms with van der Waals surface area (Å²) in [4.78, 5) is 28.3. The number of carbonyl (C=O) groups is 2. The molecule has 0 spiro atoms. The van der Waals surface area contributed by atoms with Gasteiger partial charge in [0.2, 0.25) is 0 Å². The minimum absolute atomic E-state index is 0.0117. The largest absolute Gasteiger partial charge is 0.460 e. The second-order valence-corrected chi connectivity index (χ2v) is 10.4. The number of para-hydroxylation sites is 1. The molecule has 1 fully saturated rings. The van der Waals surface area contributed by atoms with Crippen LogP contribution < -0.4 is 0 Å². The normalized spacial score (nSPS) is 20.3. The molecule has 2 heterocycles. The van der Waals surface area contributed by atoms with Crippen LogP contribution in [0.2, 0.25) is 0 Å². The zero-order valence-electron chi connectivity index (χ0n) is 20.1. The van der Waals surface area contributed by atoms with Crippen molar-refractivity contribution >= 4 is 23.0 Å². The van der Waals surface area contributed by atoms with Gasteiger partial charge in [0, 0.05) is 18.1 Å². The Labute approximate surface area is 190 Å². The summed E-state index contributed by atoms with van der Waals surface area (Å²) in [7, 11) is 0. The third kappa shape index (κ3) is 5.51. The van der Waals surface area contributed by atoms with Crippen molar-refractivity contribution < 1.29 is 24.2 Å². The van der Waals surface area contributed by atoms with Gasteiger partial charge in [0.1, 0.15) is 11.2 Å². The Bertz CT molecular complexity index is 965. The molecule has 0 aliphatic carbocycles. The predicted octanol–water partition coefficient (Wildman–Crippen LogP) is 4.51. The lowest BCUT2D eigenvalue weighted by molar-refractivity contribution is -0.164. The summed E-state index contributed by atoms with van der Waals surface area (Å²) in [6.07, 6.45) is 2.85. The first-order valence-electron chi connectivity index (χ1n) is 11.3. The van der Waals surface area contributed by atoms with E-state index in [0.717, 1.165) is 29.4 Å². The van der Waals surface area contributed by atoms with Crippen LogP contribution in [-0.4, -0.2) is 57.5 Å². The number of aliphatic hydroxyl groups is 1. The summed E-state index contributed by atoms with van der Waals surface area (Å²) in [6, 6.07) is 7.34. The molecule has 0 bridgehead atoms. The second kappa shape index (κ2) is 9.24. The highest BCUT2D eigenvalue weighted by molar-refractivity contribution is 5.93. The summed E-state index contributed by atoms with van der Waals surface area (Å²) in [5.41, 5.74) is 0.380. The minimum Gasteiger partial charge on any atom is -0.460 e. The average Bonchev–Trinajstić information content (AvgIpc) is 3.05. The Morgan fingerprint density at radius 2 is 1.72 bits per heavy atom. The zero-order chi connectivity index (χ0) is 23.7. The fourth-order valence-corrected chi connectivity index (χ4v) is 4.39. The van der Waals surface area contributed by atoms with E-state index in [1.807, 2.05) is 65.8 Å². The van der Waals surface area contributed by atoms with Crippen molar-refractivity contribution in [3.8, 4) is 0 Å². The molecular weight excluding hydrogens is 408 g/mol. The maximum atomic E-state index is 13.2. The first-order valence-corrected chi connectivity index (χ1v) is 11.3. The number of nitrogens with zero attached hydrogens (tertiary/aromatic N) is 2. The SMILES string of the molecule is CC(C)(C)OC(=O)[C@@H]1CCCN(CCO)[C@@H]1c1cn(C(=O)OC(C)(C)C)c2ccccc12. The minimum atomic E-state index is -0.630. The molecule has 1 aromatic carbocycles. The molecule has 1 aromatic heterocycles. The van der Waals surface area contributed by atoms with Gasteiger partial charge in [-0.2, -0.15) is 0 Å². The van der Waals surface area contributed by atoms with E-state index in [0.29, 0.717) is 13.0 Å². The first kappa shape index (κ1) is 24.3. The highest BCUT2D eigenvalue weighted by atomic mass is 16.6. The van der Waals surface area contributed by atoms with Crippen LogP contribution in [0.4, 0.5) is 4.79 Å². The summed E-state index contributed by atoms with van der Waals surface area (Å²) in [5, 5.41) is 10.6. The van der Waals surface area contributed by atoms with Crippen LogP contribution in [0.1, 0.15) is 66.0 Å². The Hall–Kier alpha value is -2.38. The third-order valence-corrected chi connectivity index (χ3v) is 5.48. The van der Waals surface area contributed by atoms with Gasteiger partial charge in [-0.3, -0.25) is 14.3 Å². The van der Waals surface area contributed by atoms with Crippen LogP contribution in [-0.2, 0) is 14.3 Å². The lowest BCUT2D eigenvalue weighted by Crippen LogP contribution is -2.44. The lowest BCUT2D eigenvalue weighted by Gasteiger charge is -2.40. The summed E-state index contributed by atoms with van der Waals surface area (Å²) in [6.45, 7) is 12.3. The van der Waals surface area contributed by atoms with Crippen molar-refractivity contribution in [2.45, 2.75) is 71.6 Å². The summed E-state index contributed by atoms with van der Waals surface area (Å²) in [5.74, 6) is -0.647. The number of carbonyl (C=O) groups excluding carboxylic acids is 2. The van der Waals surface area contributed by atoms with Crippen LogP contribution in [0.5, 0.6) is 0 Å². The molecule has 0 radical (unpaired) electrons. The van der Waals surface area contributed by atoms with Gasteiger partial charge in [-0.25, -0.2) is 4.79 Å². The van der Waals surface area contributed by atoms with Crippen molar-refractivity contribution in [3.05, 3.63) is 36.0 Å². The van der Waals surface area contributed by atoms with E-state index in [-0.39, 0.29) is 18.6 Å². The molecule has 0 unspecified atom stereocenters. The van der Waals surface area contributed by atoms with Crippen LogP contribution >= 0.6 is 0 Å². The maximum Gasteiger partial charge on any atom is 0.419 e. The number of likely N-dealkylation sites (tertiary alicyclic amines) is 1. The highest BCUT2D eigenvalue weighted by Crippen LogP contribution is 2.41. The molecule has 0 saturated carbocycles. The van der Waals surface area contributed by atoms with Crippen molar-refractivity contribution in [1.29, 1.82) is 0 Å². The summed E-state index contributed by atoms with van der Waals surface area (Å²) >= 11 is 0. The number of rotatable bonds is 4. The van der Waals surface area contributed by atoms with Gasteiger partial charge in [0.05, 0.1) is 24.1 Å². The van der Waals surface area contributed by atoms with Gasteiger partial charge in [-0.1, -0.05) is 18.2 Å². The fraction of sp³-hybridized carbons (Fsp3) is 0.600. The number of piperidine rings is 1. The number of ether oxygens (including phenoxy) is 2. The van der Waals surface area contributed by atoms with Gasteiger partial charge in [0.25, 0.3) is 0 Å². The number of fused-ring (bicyclic) bond motifs is 1. The van der Waals surface area contributed by atoms with E-state index >= 15 is 0 Å². The molecule has 32 heavy (non-hydrogen) atoms. The van der Waals surface area contributed by atoms with Crippen molar-refractivity contribution in [3.63, 3.8) is 0 Å². The van der Waals surface area contributed by atoms with Gasteiger partial charge < -0.3 is 14.6 Å². The van der Waals surface area contributed by atoms with E-state index in [4.69, 9.17) is 9.47 Å². The topological polar surface area (TPSA) is 81.0 Å². The number of hydrogen-bond acceptors (Lipinski definition) is 6. The van der Waals surface area contributed by atoms with Gasteiger partial charge in [0.15, 0.2) is 0 Å². The molecular formula is C25H36N2O5. The van der Waals surface area contributed by atoms with Crippen LogP contribution in [0.15, 0.2) is 30.5 Å². The fourth-order valence-electron chi connectivity index (χ4n) is 4.39. The number of esters is 1. The van der Waals surface area contributed by atoms with E-state index < -0.39 is 23.2 Å². The molecule has 7 heteroatoms. The average molecular weight is 445 g/mol. The molecule has 2 aromatic rings. The molecule has 1 saturated heterocycles. The maximum absolute atomic E-state index is 13.2. The third-order valence-electron chi connectivity index (χ3n) is 5.48. The van der Waals surface area contributed by atoms with Gasteiger partial charge >= 0.3 is 12.1 Å². The van der Waals surface area contributed by atoms with E-state index in [2.05, 4.69) is 4.90 Å². The summed E-state index contributed by atoms with van der Waals surface area (Å²) < 4.78 is 12.9. The molecule has 0 amide bonds. The molecule has 1 aliphatic heterocycles. The molecule has 2 atom stereocenters. The monoisotopic (exact) mass is 444 g/mol. The molecule has 176 valence electrons. The number of β-amino-alcohol motifs (C(OH)–C–C–N with tert-alkyl or cyclic N) is 1. The van der Waals surface area contributed by atoms with Gasteiger partial charge in [-0.15, -0.1) is 0 Å². The molecule has 3 rings (SSSR count). The first-order chi connectivity index (χ1) is 14.9. The van der Waals surface area contributed by atoms with Crippen molar-refractivity contribution in [2.75, 3.05) is 19.7 Å². The predicted molar refractivity (Wildman–Crippen MR) is 124 cm³/mol. The van der Waals surface area contributed by atoms with Crippen molar-refractivity contribution in [2.24, 2.45) is 5.92 Å². The Morgan fingerprint density at radius 3 is 2.34 bits per heavy atom. The Kier molecular flexibility index (Phi) is 7.00. The quantitative estimate of drug-likeness (QED) is 0.699. The van der Waals surface area contributed by atoms with Crippen LogP contribution in [0, 0.1) is 5.92 Å². The van der Waals surface area contributed by atoms with E-state index in [1.54, 1.807) is 6.20 Å². The smallest absolute Gasteiger partial charge is 0.419 e. The highest BCUT2D eigenvalue weighted by Gasteiger charge is 2.41. The number of aliphatic hydroxyl groups excluding tert-OH is 1. The van der Waals surface area contributed by atoms with Crippen LogP contribution in [0.3, 0.4) is 0 Å². The Balaban J connectivity index is 2.11. The standard InChI is InChI=1S/C25H36N2O5/c1-24(2,3)31-22(29)18-11-9-13-26(14-15-28)21(18)19-16-27(23(30)32-25(4,5)6)20-12-8-7-10-17(19)20/h7-8,10,12,16,18,21,28H,9,11,13-15H2,1-6H3/t18-,21+/m1/s1. The lowest BCUT2D eigenvalue weighted by atomic mass is 9.84. The Morgan fingerprint density at radius 1 is 1.06 bits per heavy atom. The van der Waals surface area contributed by atoms with Gasteiger partial charge in [-0.05, 0) is 72.6 Å². The number of benzene rings is 1. The zero-order valence-corrected chi connectivity index (χ0v) is 20.1. The molecule has 7 nitrogen and oxygen atoms in total. The van der Waals surface area contributed by atoms with E-state index in [1.165, 1.54) is 4.57 Å². The van der Waals surface area contributed by atoms with Crippen molar-refractivity contribution in [1.82, 2.24) is 9.47 Å². The number of aromatic nitrogens is 1. The molecule has 1 N–H and O–H groups in total. The second-order valence-electron chi connectivity index (χ2n) is 10.4. The molecule has 1 aliphatic rings. The number of hydrogen-bond donors (Lipinski definition) is 1.